The molecule has 0 radical (unpaired) electrons. The molecular formula is C13H12BrN3OS. The minimum Gasteiger partial charge on any atom is -0.281 e. The highest BCUT2D eigenvalue weighted by Crippen LogP contribution is 2.41. The lowest BCUT2D eigenvalue weighted by Crippen LogP contribution is -2.28. The Bertz CT molecular complexity index is 611. The van der Waals surface area contributed by atoms with Crippen molar-refractivity contribution in [2.45, 2.75) is 12.3 Å². The SMILES string of the molecule is Cc1cc(N2C(=O)CSC2c2ccc(Br)cc2)n[nH]1. The number of H-pyrrole nitrogens is 1. The van der Waals surface area contributed by atoms with Crippen LogP contribution < -0.4 is 4.90 Å². The van der Waals surface area contributed by atoms with E-state index in [2.05, 4.69) is 26.1 Å². The summed E-state index contributed by atoms with van der Waals surface area (Å²) in [6.07, 6.45) is 0. The van der Waals surface area contributed by atoms with Gasteiger partial charge in [0.2, 0.25) is 5.91 Å². The minimum atomic E-state index is 0.00306. The van der Waals surface area contributed by atoms with E-state index in [9.17, 15) is 4.79 Å². The number of nitrogens with zero attached hydrogens (tertiary/aromatic N) is 2. The molecule has 1 fully saturated rings. The number of aryl methyl sites for hydroxylation is 1. The van der Waals surface area contributed by atoms with Crippen molar-refractivity contribution in [3.05, 3.63) is 46.1 Å². The van der Waals surface area contributed by atoms with Gasteiger partial charge in [0, 0.05) is 16.2 Å². The molecule has 2 heterocycles. The molecule has 98 valence electrons. The lowest BCUT2D eigenvalue weighted by Gasteiger charge is -2.21. The van der Waals surface area contributed by atoms with Gasteiger partial charge in [-0.05, 0) is 24.6 Å². The molecule has 3 rings (SSSR count). The van der Waals surface area contributed by atoms with Gasteiger partial charge in [0.05, 0.1) is 5.75 Å². The van der Waals surface area contributed by atoms with E-state index in [4.69, 9.17) is 0 Å². The Morgan fingerprint density at radius 2 is 2.16 bits per heavy atom. The smallest absolute Gasteiger partial charge is 0.239 e. The topological polar surface area (TPSA) is 49.0 Å². The summed E-state index contributed by atoms with van der Waals surface area (Å²) >= 11 is 5.05. The number of nitrogens with one attached hydrogen (secondary N) is 1. The molecule has 0 aliphatic carbocycles. The van der Waals surface area contributed by atoms with Crippen molar-refractivity contribution in [1.29, 1.82) is 0 Å². The van der Waals surface area contributed by atoms with Crippen molar-refractivity contribution in [2.75, 3.05) is 10.7 Å². The van der Waals surface area contributed by atoms with E-state index in [1.54, 1.807) is 16.7 Å². The highest BCUT2D eigenvalue weighted by Gasteiger charge is 2.35. The highest BCUT2D eigenvalue weighted by atomic mass is 79.9. The van der Waals surface area contributed by atoms with Crippen LogP contribution >= 0.6 is 27.7 Å². The minimum absolute atomic E-state index is 0.00306. The highest BCUT2D eigenvalue weighted by molar-refractivity contribution is 9.10. The average Bonchev–Trinajstić information content (AvgIpc) is 2.96. The lowest BCUT2D eigenvalue weighted by molar-refractivity contribution is -0.115. The van der Waals surface area contributed by atoms with Crippen LogP contribution in [0.3, 0.4) is 0 Å². The summed E-state index contributed by atoms with van der Waals surface area (Å²) in [5.74, 6) is 1.29. The zero-order valence-corrected chi connectivity index (χ0v) is 12.7. The van der Waals surface area contributed by atoms with E-state index in [1.807, 2.05) is 37.3 Å². The summed E-state index contributed by atoms with van der Waals surface area (Å²) in [4.78, 5) is 13.8. The number of halogens is 1. The first-order valence-electron chi connectivity index (χ1n) is 5.86. The fraction of sp³-hybridized carbons (Fsp3) is 0.231. The predicted octanol–water partition coefficient (Wildman–Crippen LogP) is 3.26. The molecule has 0 spiro atoms. The zero-order chi connectivity index (χ0) is 13.4. The molecule has 0 saturated carbocycles. The van der Waals surface area contributed by atoms with Crippen LogP contribution in [0.2, 0.25) is 0 Å². The summed E-state index contributed by atoms with van der Waals surface area (Å²) in [6.45, 7) is 1.93. The molecular weight excluding hydrogens is 326 g/mol. The van der Waals surface area contributed by atoms with Crippen molar-refractivity contribution < 1.29 is 4.79 Å². The van der Waals surface area contributed by atoms with Gasteiger partial charge < -0.3 is 0 Å². The summed E-state index contributed by atoms with van der Waals surface area (Å²) in [5.41, 5.74) is 2.06. The monoisotopic (exact) mass is 337 g/mol. The van der Waals surface area contributed by atoms with Crippen LogP contribution in [-0.4, -0.2) is 21.9 Å². The Morgan fingerprint density at radius 1 is 1.42 bits per heavy atom. The summed E-state index contributed by atoms with van der Waals surface area (Å²) in [7, 11) is 0. The van der Waals surface area contributed by atoms with Gasteiger partial charge in [-0.1, -0.05) is 28.1 Å². The Kier molecular flexibility index (Phi) is 3.36. The summed E-state index contributed by atoms with van der Waals surface area (Å²) in [6, 6.07) is 9.95. The molecule has 1 amide bonds. The molecule has 2 aromatic rings. The summed E-state index contributed by atoms with van der Waals surface area (Å²) < 4.78 is 1.03. The van der Waals surface area contributed by atoms with Gasteiger partial charge >= 0.3 is 0 Å². The van der Waals surface area contributed by atoms with Crippen LogP contribution in [0.25, 0.3) is 0 Å². The molecule has 1 aromatic heterocycles. The van der Waals surface area contributed by atoms with Crippen molar-refractivity contribution in [3.63, 3.8) is 0 Å². The first kappa shape index (κ1) is 12.7. The lowest BCUT2D eigenvalue weighted by atomic mass is 10.2. The number of aromatic nitrogens is 2. The molecule has 19 heavy (non-hydrogen) atoms. The molecule has 4 nitrogen and oxygen atoms in total. The summed E-state index contributed by atoms with van der Waals surface area (Å²) in [5, 5.41) is 7.09. The Balaban J connectivity index is 1.96. The van der Waals surface area contributed by atoms with Crippen LogP contribution in [0, 0.1) is 6.92 Å². The second-order valence-corrected chi connectivity index (χ2v) is 6.37. The standard InChI is InChI=1S/C13H12BrN3OS/c1-8-6-11(16-15-8)17-12(18)7-19-13(17)9-2-4-10(14)5-3-9/h2-6,13H,7H2,1H3,(H,15,16). The molecule has 1 saturated heterocycles. The second-order valence-electron chi connectivity index (χ2n) is 4.39. The van der Waals surface area contributed by atoms with Crippen molar-refractivity contribution in [1.82, 2.24) is 10.2 Å². The maximum absolute atomic E-state index is 12.1. The Labute approximate surface area is 123 Å². The van der Waals surface area contributed by atoms with Crippen molar-refractivity contribution >= 4 is 39.4 Å². The van der Waals surface area contributed by atoms with Crippen LogP contribution in [0.4, 0.5) is 5.82 Å². The Morgan fingerprint density at radius 3 is 2.79 bits per heavy atom. The number of anilines is 1. The van der Waals surface area contributed by atoms with Crippen molar-refractivity contribution in [3.8, 4) is 0 Å². The van der Waals surface area contributed by atoms with Crippen LogP contribution in [-0.2, 0) is 4.79 Å². The van der Waals surface area contributed by atoms with E-state index in [1.165, 1.54) is 0 Å². The maximum atomic E-state index is 12.1. The third-order valence-electron chi connectivity index (χ3n) is 2.96. The van der Waals surface area contributed by atoms with Crippen molar-refractivity contribution in [2.24, 2.45) is 0 Å². The largest absolute Gasteiger partial charge is 0.281 e. The molecule has 1 atom stereocenters. The molecule has 0 bridgehead atoms. The van der Waals surface area contributed by atoms with E-state index in [0.717, 1.165) is 15.7 Å². The fourth-order valence-corrected chi connectivity index (χ4v) is 3.50. The maximum Gasteiger partial charge on any atom is 0.239 e. The normalized spacial score (nSPS) is 19.2. The third kappa shape index (κ3) is 2.42. The third-order valence-corrected chi connectivity index (χ3v) is 4.70. The van der Waals surface area contributed by atoms with Crippen LogP contribution in [0.5, 0.6) is 0 Å². The Hall–Kier alpha value is -1.27. The van der Waals surface area contributed by atoms with Gasteiger partial charge in [-0.2, -0.15) is 5.10 Å². The predicted molar refractivity (Wildman–Crippen MR) is 80.2 cm³/mol. The van der Waals surface area contributed by atoms with Crippen LogP contribution in [0.1, 0.15) is 16.6 Å². The number of benzene rings is 1. The van der Waals surface area contributed by atoms with Gasteiger partial charge in [-0.25, -0.2) is 0 Å². The zero-order valence-electron chi connectivity index (χ0n) is 10.3. The molecule has 6 heteroatoms. The van der Waals surface area contributed by atoms with Gasteiger partial charge in [-0.15, -0.1) is 11.8 Å². The van der Waals surface area contributed by atoms with Gasteiger partial charge in [0.25, 0.3) is 0 Å². The number of carbonyl (C=O) groups is 1. The number of hydrogen-bond donors (Lipinski definition) is 1. The van der Waals surface area contributed by atoms with E-state index >= 15 is 0 Å². The van der Waals surface area contributed by atoms with E-state index < -0.39 is 0 Å². The molecule has 1 N–H and O–H groups in total. The van der Waals surface area contributed by atoms with Gasteiger partial charge in [-0.3, -0.25) is 14.8 Å². The van der Waals surface area contributed by atoms with E-state index in [-0.39, 0.29) is 11.3 Å². The number of carbonyl (C=O) groups excluding carboxylic acids is 1. The first-order chi connectivity index (χ1) is 9.15. The average molecular weight is 338 g/mol. The molecule has 1 aliphatic heterocycles. The van der Waals surface area contributed by atoms with Crippen LogP contribution in [0.15, 0.2) is 34.8 Å². The molecule has 1 aromatic carbocycles. The number of amides is 1. The number of thioether (sulfide) groups is 1. The number of hydrogen-bond acceptors (Lipinski definition) is 3. The fourth-order valence-electron chi connectivity index (χ4n) is 2.07. The second kappa shape index (κ2) is 5.02. The van der Waals surface area contributed by atoms with Gasteiger partial charge in [0.1, 0.15) is 5.37 Å². The quantitative estimate of drug-likeness (QED) is 0.914. The number of rotatable bonds is 2. The number of aromatic amines is 1. The van der Waals surface area contributed by atoms with Gasteiger partial charge in [0.15, 0.2) is 5.82 Å². The first-order valence-corrected chi connectivity index (χ1v) is 7.70. The molecule has 1 unspecified atom stereocenters. The molecule has 1 aliphatic rings. The van der Waals surface area contributed by atoms with E-state index in [0.29, 0.717) is 11.6 Å².